The Kier molecular flexibility index (Phi) is 2.72. The Hall–Kier alpha value is -2.12. The number of carboxylic acids is 1. The van der Waals surface area contributed by atoms with Crippen molar-refractivity contribution < 1.29 is 14.8 Å². The summed E-state index contributed by atoms with van der Waals surface area (Å²) in [6.07, 6.45) is 2.90. The highest BCUT2D eigenvalue weighted by atomic mass is 16.6. The first kappa shape index (κ1) is 12.3. The summed E-state index contributed by atoms with van der Waals surface area (Å²) in [6, 6.07) is 0. The minimum absolute atomic E-state index is 0.00972. The number of aliphatic carboxylic acids is 1. The molecule has 1 aromatic heterocycles. The molecule has 1 fully saturated rings. The standard InChI is InChI=1S/C10H14N4O4/c1-10(9(15)16,6-3-4-6)12-8-7(14(17)18)11-5-13(8)2/h5-6,12H,3-4H2,1-2H3,(H,15,16). The minimum Gasteiger partial charge on any atom is -0.480 e. The number of aromatic nitrogens is 2. The number of nitrogens with zero attached hydrogens (tertiary/aromatic N) is 3. The fraction of sp³-hybridized carbons (Fsp3) is 0.600. The van der Waals surface area contributed by atoms with Crippen LogP contribution in [-0.4, -0.2) is 31.1 Å². The number of nitrogens with one attached hydrogen (secondary N) is 1. The van der Waals surface area contributed by atoms with Crippen molar-refractivity contribution in [3.05, 3.63) is 16.4 Å². The van der Waals surface area contributed by atoms with E-state index in [1.165, 1.54) is 10.9 Å². The number of carbonyl (C=O) groups is 1. The Labute approximate surface area is 103 Å². The maximum atomic E-state index is 11.4. The van der Waals surface area contributed by atoms with Crippen molar-refractivity contribution in [3.8, 4) is 0 Å². The molecule has 18 heavy (non-hydrogen) atoms. The van der Waals surface area contributed by atoms with Crippen molar-refractivity contribution >= 4 is 17.6 Å². The van der Waals surface area contributed by atoms with Gasteiger partial charge in [0.15, 0.2) is 0 Å². The Morgan fingerprint density at radius 2 is 2.33 bits per heavy atom. The van der Waals surface area contributed by atoms with Crippen LogP contribution in [0.3, 0.4) is 0 Å². The molecule has 1 unspecified atom stereocenters. The molecule has 1 aromatic rings. The lowest BCUT2D eigenvalue weighted by atomic mass is 9.96. The van der Waals surface area contributed by atoms with Crippen molar-refractivity contribution in [2.24, 2.45) is 13.0 Å². The van der Waals surface area contributed by atoms with E-state index in [4.69, 9.17) is 0 Å². The molecule has 8 heteroatoms. The fourth-order valence-corrected chi connectivity index (χ4v) is 1.93. The van der Waals surface area contributed by atoms with Crippen LogP contribution in [0.15, 0.2) is 6.33 Å². The van der Waals surface area contributed by atoms with E-state index in [0.29, 0.717) is 0 Å². The van der Waals surface area contributed by atoms with Crippen LogP contribution < -0.4 is 5.32 Å². The first-order valence-electron chi connectivity index (χ1n) is 5.53. The first-order valence-corrected chi connectivity index (χ1v) is 5.53. The van der Waals surface area contributed by atoms with Crippen LogP contribution in [0.4, 0.5) is 11.6 Å². The van der Waals surface area contributed by atoms with Crippen LogP contribution in [0, 0.1) is 16.0 Å². The van der Waals surface area contributed by atoms with Gasteiger partial charge in [-0.3, -0.25) is 4.57 Å². The highest BCUT2D eigenvalue weighted by Gasteiger charge is 2.49. The van der Waals surface area contributed by atoms with Crippen molar-refractivity contribution in [3.63, 3.8) is 0 Å². The van der Waals surface area contributed by atoms with Gasteiger partial charge < -0.3 is 20.5 Å². The number of imidazole rings is 1. The summed E-state index contributed by atoms with van der Waals surface area (Å²) in [5.41, 5.74) is -1.20. The molecule has 1 aliphatic carbocycles. The summed E-state index contributed by atoms with van der Waals surface area (Å²) in [7, 11) is 1.58. The average molecular weight is 254 g/mol. The smallest absolute Gasteiger partial charge is 0.406 e. The molecular formula is C10H14N4O4. The second kappa shape index (κ2) is 3.97. The van der Waals surface area contributed by atoms with Gasteiger partial charge in [0.1, 0.15) is 5.54 Å². The van der Waals surface area contributed by atoms with Gasteiger partial charge in [-0.05, 0) is 35.6 Å². The third-order valence-electron chi connectivity index (χ3n) is 3.31. The highest BCUT2D eigenvalue weighted by molar-refractivity contribution is 5.83. The molecule has 1 heterocycles. The van der Waals surface area contributed by atoms with E-state index >= 15 is 0 Å². The van der Waals surface area contributed by atoms with E-state index in [1.54, 1.807) is 14.0 Å². The van der Waals surface area contributed by atoms with Crippen molar-refractivity contribution in [1.29, 1.82) is 0 Å². The van der Waals surface area contributed by atoms with Gasteiger partial charge in [0.25, 0.3) is 0 Å². The van der Waals surface area contributed by atoms with E-state index in [0.717, 1.165) is 12.8 Å². The third kappa shape index (κ3) is 1.89. The van der Waals surface area contributed by atoms with Gasteiger partial charge in [0.2, 0.25) is 12.1 Å². The zero-order valence-corrected chi connectivity index (χ0v) is 10.1. The van der Waals surface area contributed by atoms with Gasteiger partial charge in [-0.2, -0.15) is 0 Å². The van der Waals surface area contributed by atoms with Crippen molar-refractivity contribution in [1.82, 2.24) is 9.55 Å². The molecule has 0 amide bonds. The molecule has 2 rings (SSSR count). The van der Waals surface area contributed by atoms with Crippen molar-refractivity contribution in [2.75, 3.05) is 5.32 Å². The highest BCUT2D eigenvalue weighted by Crippen LogP contribution is 2.42. The number of rotatable bonds is 5. The third-order valence-corrected chi connectivity index (χ3v) is 3.31. The molecule has 98 valence electrons. The maximum Gasteiger partial charge on any atom is 0.406 e. The molecule has 8 nitrogen and oxygen atoms in total. The van der Waals surface area contributed by atoms with Crippen LogP contribution >= 0.6 is 0 Å². The van der Waals surface area contributed by atoms with Crippen LogP contribution in [-0.2, 0) is 11.8 Å². The van der Waals surface area contributed by atoms with Gasteiger partial charge in [-0.15, -0.1) is 0 Å². The van der Waals surface area contributed by atoms with Crippen molar-refractivity contribution in [2.45, 2.75) is 25.3 Å². The van der Waals surface area contributed by atoms with Gasteiger partial charge in [-0.1, -0.05) is 0 Å². The molecule has 0 saturated heterocycles. The molecule has 1 saturated carbocycles. The predicted molar refractivity (Wildman–Crippen MR) is 62.2 cm³/mol. The van der Waals surface area contributed by atoms with Gasteiger partial charge >= 0.3 is 11.8 Å². The summed E-state index contributed by atoms with van der Waals surface area (Å²) >= 11 is 0. The number of carboxylic acid groups (broad SMARTS) is 1. The second-order valence-corrected chi connectivity index (χ2v) is 4.69. The molecular weight excluding hydrogens is 240 g/mol. The second-order valence-electron chi connectivity index (χ2n) is 4.69. The molecule has 0 spiro atoms. The maximum absolute atomic E-state index is 11.4. The number of hydrogen-bond acceptors (Lipinski definition) is 5. The quantitative estimate of drug-likeness (QED) is 0.599. The van der Waals surface area contributed by atoms with E-state index in [1.807, 2.05) is 0 Å². The summed E-state index contributed by atoms with van der Waals surface area (Å²) < 4.78 is 1.42. The SMILES string of the molecule is Cn1cnc([N+](=O)[O-])c1NC(C)(C(=O)O)C1CC1. The fourth-order valence-electron chi connectivity index (χ4n) is 1.93. The molecule has 0 radical (unpaired) electrons. The van der Waals surface area contributed by atoms with Crippen LogP contribution in [0.25, 0.3) is 0 Å². The number of hydrogen-bond donors (Lipinski definition) is 2. The topological polar surface area (TPSA) is 110 Å². The van der Waals surface area contributed by atoms with Crippen LogP contribution in [0.2, 0.25) is 0 Å². The summed E-state index contributed by atoms with van der Waals surface area (Å²) in [6.45, 7) is 1.55. The molecule has 0 aliphatic heterocycles. The molecule has 1 atom stereocenters. The van der Waals surface area contributed by atoms with Crippen LogP contribution in [0.5, 0.6) is 0 Å². The van der Waals surface area contributed by atoms with Gasteiger partial charge in [-0.25, -0.2) is 4.79 Å². The molecule has 1 aliphatic rings. The average Bonchev–Trinajstić information content (AvgIpc) is 3.06. The Bertz CT molecular complexity index is 508. The lowest BCUT2D eigenvalue weighted by Gasteiger charge is -2.26. The Morgan fingerprint density at radius 3 is 2.78 bits per heavy atom. The Balaban J connectivity index is 2.35. The van der Waals surface area contributed by atoms with E-state index in [-0.39, 0.29) is 17.6 Å². The minimum atomic E-state index is -1.20. The normalized spacial score (nSPS) is 18.1. The number of anilines is 1. The number of aryl methyl sites for hydroxylation is 1. The van der Waals surface area contributed by atoms with E-state index in [9.17, 15) is 20.0 Å². The van der Waals surface area contributed by atoms with Crippen LogP contribution in [0.1, 0.15) is 19.8 Å². The molecule has 0 bridgehead atoms. The Morgan fingerprint density at radius 1 is 1.72 bits per heavy atom. The molecule has 2 N–H and O–H groups in total. The zero-order valence-electron chi connectivity index (χ0n) is 10.1. The monoisotopic (exact) mass is 254 g/mol. The molecule has 0 aromatic carbocycles. The zero-order chi connectivity index (χ0) is 13.5. The largest absolute Gasteiger partial charge is 0.480 e. The summed E-state index contributed by atoms with van der Waals surface area (Å²) in [4.78, 5) is 25.2. The predicted octanol–water partition coefficient (Wildman–Crippen LogP) is 0.993. The van der Waals surface area contributed by atoms with Gasteiger partial charge in [0, 0.05) is 7.05 Å². The lowest BCUT2D eigenvalue weighted by Crippen LogP contribution is -2.46. The van der Waals surface area contributed by atoms with E-state index < -0.39 is 16.4 Å². The summed E-state index contributed by atoms with van der Waals surface area (Å²) in [5, 5.41) is 22.9. The van der Waals surface area contributed by atoms with Gasteiger partial charge in [0.05, 0.1) is 0 Å². The summed E-state index contributed by atoms with van der Waals surface area (Å²) in [5.74, 6) is -1.26. The first-order chi connectivity index (χ1) is 8.36. The van der Waals surface area contributed by atoms with E-state index in [2.05, 4.69) is 10.3 Å². The lowest BCUT2D eigenvalue weighted by molar-refractivity contribution is -0.388. The number of nitro groups is 1.